The fourth-order valence-corrected chi connectivity index (χ4v) is 7.37. The van der Waals surface area contributed by atoms with Gasteiger partial charge in [-0.2, -0.15) is 0 Å². The SMILES string of the molecule is CCOc1cc(C2/C(=C(\O)c3c(C)nc4ccccn34)C(=O)C(=O)N2c2nnc(SCc3ccc(C)cc3)s2)ccc1OCCC(C)C. The van der Waals surface area contributed by atoms with E-state index in [0.717, 1.165) is 12.0 Å². The van der Waals surface area contributed by atoms with Gasteiger partial charge >= 0.3 is 5.91 Å². The Labute approximate surface area is 287 Å². The Morgan fingerprint density at radius 3 is 2.56 bits per heavy atom. The molecule has 0 spiro atoms. The molecule has 5 aromatic rings. The lowest BCUT2D eigenvalue weighted by atomic mass is 9.96. The normalized spacial score (nSPS) is 16.0. The highest BCUT2D eigenvalue weighted by molar-refractivity contribution is 8.00. The third-order valence-electron chi connectivity index (χ3n) is 7.99. The Bertz CT molecular complexity index is 2000. The Morgan fingerprint density at radius 2 is 1.81 bits per heavy atom. The number of thioether (sulfide) groups is 1. The minimum atomic E-state index is -1.02. The number of hydrogen-bond donors (Lipinski definition) is 1. The van der Waals surface area contributed by atoms with Crippen LogP contribution in [-0.4, -0.2) is 49.6 Å². The summed E-state index contributed by atoms with van der Waals surface area (Å²) in [4.78, 5) is 33.7. The second-order valence-electron chi connectivity index (χ2n) is 11.9. The molecule has 12 heteroatoms. The van der Waals surface area contributed by atoms with Crippen LogP contribution in [0, 0.1) is 19.8 Å². The molecule has 1 amide bonds. The summed E-state index contributed by atoms with van der Waals surface area (Å²) >= 11 is 2.72. The Morgan fingerprint density at radius 1 is 1.02 bits per heavy atom. The maximum absolute atomic E-state index is 13.9. The quantitative estimate of drug-likeness (QED) is 0.0468. The van der Waals surface area contributed by atoms with Crippen molar-refractivity contribution < 1.29 is 24.2 Å². The van der Waals surface area contributed by atoms with E-state index in [9.17, 15) is 14.7 Å². The van der Waals surface area contributed by atoms with E-state index in [1.165, 1.54) is 33.6 Å². The highest BCUT2D eigenvalue weighted by atomic mass is 32.2. The zero-order valence-electron chi connectivity index (χ0n) is 27.5. The topological polar surface area (TPSA) is 119 Å². The molecule has 0 radical (unpaired) electrons. The smallest absolute Gasteiger partial charge is 0.301 e. The van der Waals surface area contributed by atoms with E-state index < -0.39 is 17.7 Å². The Balaban J connectivity index is 1.44. The van der Waals surface area contributed by atoms with Gasteiger partial charge in [0.25, 0.3) is 5.78 Å². The highest BCUT2D eigenvalue weighted by Gasteiger charge is 2.49. The van der Waals surface area contributed by atoms with Crippen molar-refractivity contribution in [1.29, 1.82) is 0 Å². The van der Waals surface area contributed by atoms with E-state index in [2.05, 4.69) is 53.3 Å². The number of anilines is 1. The molecule has 4 heterocycles. The number of fused-ring (bicyclic) bond motifs is 1. The predicted molar refractivity (Wildman–Crippen MR) is 188 cm³/mol. The maximum atomic E-state index is 13.9. The van der Waals surface area contributed by atoms with Gasteiger partial charge < -0.3 is 14.6 Å². The number of rotatable bonds is 12. The van der Waals surface area contributed by atoms with Gasteiger partial charge in [0.05, 0.1) is 30.5 Å². The number of aromatic nitrogens is 4. The van der Waals surface area contributed by atoms with Gasteiger partial charge in [-0.15, -0.1) is 10.2 Å². The molecule has 1 aliphatic heterocycles. The molecule has 1 N–H and O–H groups in total. The van der Waals surface area contributed by atoms with Crippen LogP contribution in [0.15, 0.2) is 76.8 Å². The monoisotopic (exact) mass is 683 g/mol. The van der Waals surface area contributed by atoms with Gasteiger partial charge in [0, 0.05) is 11.9 Å². The van der Waals surface area contributed by atoms with Crippen LogP contribution in [-0.2, 0) is 15.3 Å². The average molecular weight is 684 g/mol. The molecular formula is C36H37N5O5S2. The minimum absolute atomic E-state index is 0.0752. The molecule has 1 aliphatic rings. The van der Waals surface area contributed by atoms with E-state index in [1.807, 2.05) is 32.0 Å². The molecule has 1 fully saturated rings. The van der Waals surface area contributed by atoms with Crippen LogP contribution in [0.1, 0.15) is 61.3 Å². The lowest BCUT2D eigenvalue weighted by Crippen LogP contribution is -2.29. The highest BCUT2D eigenvalue weighted by Crippen LogP contribution is 2.46. The van der Waals surface area contributed by atoms with Crippen molar-refractivity contribution >= 4 is 51.3 Å². The average Bonchev–Trinajstić information content (AvgIpc) is 3.74. The molecule has 0 bridgehead atoms. The molecule has 1 unspecified atom stereocenters. The minimum Gasteiger partial charge on any atom is -0.505 e. The second-order valence-corrected chi connectivity index (χ2v) is 14.1. The van der Waals surface area contributed by atoms with Gasteiger partial charge in [-0.3, -0.25) is 18.9 Å². The number of pyridine rings is 1. The summed E-state index contributed by atoms with van der Waals surface area (Å²) in [6.07, 6.45) is 2.63. The van der Waals surface area contributed by atoms with Crippen LogP contribution in [0.5, 0.6) is 11.5 Å². The number of carbonyl (C=O) groups excluding carboxylic acids is 2. The van der Waals surface area contributed by atoms with Gasteiger partial charge in [0.1, 0.15) is 11.3 Å². The third-order valence-corrected chi connectivity index (χ3v) is 10.1. The fraction of sp³-hybridized carbons (Fsp3) is 0.306. The van der Waals surface area contributed by atoms with E-state index in [1.54, 1.807) is 35.7 Å². The standard InChI is InChI=1S/C36H37N5O5S2/c1-6-45-27-19-25(14-15-26(27)46-18-16-21(2)3)31-29(32(42)30-23(5)37-28-9-7-8-17-40(28)30)33(43)34(44)41(31)35-38-39-36(48-35)47-20-24-12-10-22(4)11-13-24/h7-15,17,19,21,31,42H,6,16,18,20H2,1-5H3/b32-29+. The number of ether oxygens (including phenoxy) is 2. The zero-order valence-corrected chi connectivity index (χ0v) is 29.1. The van der Waals surface area contributed by atoms with Crippen molar-refractivity contribution in [2.45, 2.75) is 57.2 Å². The number of hydrogen-bond acceptors (Lipinski definition) is 10. The van der Waals surface area contributed by atoms with Crippen LogP contribution in [0.25, 0.3) is 11.4 Å². The molecule has 248 valence electrons. The van der Waals surface area contributed by atoms with E-state index in [0.29, 0.717) is 63.3 Å². The molecule has 2 aromatic carbocycles. The first-order valence-corrected chi connectivity index (χ1v) is 17.6. The summed E-state index contributed by atoms with van der Waals surface area (Å²) < 4.78 is 14.4. The number of nitrogens with zero attached hydrogens (tertiary/aromatic N) is 5. The maximum Gasteiger partial charge on any atom is 0.301 e. The number of benzene rings is 2. The van der Waals surface area contributed by atoms with Crippen molar-refractivity contribution in [3.63, 3.8) is 0 Å². The molecule has 3 aromatic heterocycles. The molecule has 1 saturated heterocycles. The van der Waals surface area contributed by atoms with Crippen molar-refractivity contribution in [1.82, 2.24) is 19.6 Å². The van der Waals surface area contributed by atoms with E-state index in [-0.39, 0.29) is 16.5 Å². The van der Waals surface area contributed by atoms with Crippen LogP contribution in [0.3, 0.4) is 0 Å². The van der Waals surface area contributed by atoms with Gasteiger partial charge in [-0.1, -0.05) is 78.9 Å². The number of Topliss-reactive ketones (excluding diaryl/α,β-unsaturated/α-hetero) is 1. The Hall–Kier alpha value is -4.68. The first-order valence-electron chi connectivity index (χ1n) is 15.8. The number of amides is 1. The second kappa shape index (κ2) is 14.2. The molecule has 10 nitrogen and oxygen atoms in total. The lowest BCUT2D eigenvalue weighted by Gasteiger charge is -2.23. The first-order chi connectivity index (χ1) is 23.2. The molecule has 48 heavy (non-hydrogen) atoms. The predicted octanol–water partition coefficient (Wildman–Crippen LogP) is 7.54. The molecule has 0 saturated carbocycles. The molecule has 6 rings (SSSR count). The van der Waals surface area contributed by atoms with E-state index in [4.69, 9.17) is 9.47 Å². The summed E-state index contributed by atoms with van der Waals surface area (Å²) in [5.74, 6) is 0.195. The van der Waals surface area contributed by atoms with Crippen molar-refractivity contribution in [3.8, 4) is 11.5 Å². The largest absolute Gasteiger partial charge is 0.505 e. The summed E-state index contributed by atoms with van der Waals surface area (Å²) in [6.45, 7) is 10.8. The first kappa shape index (κ1) is 33.2. The van der Waals surface area contributed by atoms with Gasteiger partial charge in [0.15, 0.2) is 21.6 Å². The van der Waals surface area contributed by atoms with Gasteiger partial charge in [0.2, 0.25) is 5.13 Å². The fourth-order valence-electron chi connectivity index (χ4n) is 5.55. The van der Waals surface area contributed by atoms with Crippen molar-refractivity contribution in [3.05, 3.63) is 101 Å². The number of imidazole rings is 1. The summed E-state index contributed by atoms with van der Waals surface area (Å²) in [5.41, 5.74) is 4.23. The van der Waals surface area contributed by atoms with Crippen molar-refractivity contribution in [2.75, 3.05) is 18.1 Å². The Kier molecular flexibility index (Phi) is 9.83. The van der Waals surface area contributed by atoms with Crippen LogP contribution in [0.4, 0.5) is 5.13 Å². The summed E-state index contributed by atoms with van der Waals surface area (Å²) in [6, 6.07) is 18.0. The number of aryl methyl sites for hydroxylation is 2. The van der Waals surface area contributed by atoms with Crippen LogP contribution < -0.4 is 14.4 Å². The van der Waals surface area contributed by atoms with Crippen LogP contribution in [0.2, 0.25) is 0 Å². The lowest BCUT2D eigenvalue weighted by molar-refractivity contribution is -0.132. The number of aliphatic hydroxyl groups excluding tert-OH is 1. The number of aliphatic hydroxyl groups is 1. The summed E-state index contributed by atoms with van der Waals surface area (Å²) in [7, 11) is 0. The summed E-state index contributed by atoms with van der Waals surface area (Å²) in [5, 5.41) is 20.9. The molecule has 0 aliphatic carbocycles. The molecule has 1 atom stereocenters. The third kappa shape index (κ3) is 6.67. The van der Waals surface area contributed by atoms with Crippen LogP contribution >= 0.6 is 23.1 Å². The number of carbonyl (C=O) groups is 2. The number of ketones is 1. The van der Waals surface area contributed by atoms with Gasteiger partial charge in [-0.05, 0) is 68.5 Å². The van der Waals surface area contributed by atoms with Gasteiger partial charge in [-0.25, -0.2) is 4.98 Å². The molecular weight excluding hydrogens is 647 g/mol. The van der Waals surface area contributed by atoms with E-state index >= 15 is 0 Å². The zero-order chi connectivity index (χ0) is 33.9. The van der Waals surface area contributed by atoms with Crippen molar-refractivity contribution in [2.24, 2.45) is 5.92 Å².